The summed E-state index contributed by atoms with van der Waals surface area (Å²) in [6.45, 7) is 2.13. The first kappa shape index (κ1) is 14.4. The van der Waals surface area contributed by atoms with Gasteiger partial charge in [0.05, 0.1) is 18.9 Å². The molecule has 0 aromatic carbocycles. The van der Waals surface area contributed by atoms with Gasteiger partial charge in [0.2, 0.25) is 11.8 Å². The summed E-state index contributed by atoms with van der Waals surface area (Å²) in [7, 11) is 0. The molecule has 7 nitrogen and oxygen atoms in total. The Kier molecular flexibility index (Phi) is 6.09. The second-order valence-electron chi connectivity index (χ2n) is 3.34. The molecule has 5 N–H and O–H groups in total. The highest BCUT2D eigenvalue weighted by Gasteiger charge is 2.21. The van der Waals surface area contributed by atoms with Gasteiger partial charge in [-0.15, -0.1) is 0 Å². The maximum absolute atomic E-state index is 11.6. The van der Waals surface area contributed by atoms with Crippen LogP contribution in [0.25, 0.3) is 0 Å². The Morgan fingerprint density at radius 2 is 1.94 bits per heavy atom. The SMILES string of the molecule is CCN(CCC(=O)O)C(=O)C(N)CC(N)=O. The van der Waals surface area contributed by atoms with Gasteiger partial charge in [-0.05, 0) is 6.92 Å². The Morgan fingerprint density at radius 1 is 1.38 bits per heavy atom. The zero-order valence-electron chi connectivity index (χ0n) is 9.18. The van der Waals surface area contributed by atoms with Gasteiger partial charge in [0, 0.05) is 13.1 Å². The molecule has 1 atom stereocenters. The van der Waals surface area contributed by atoms with Crippen LogP contribution < -0.4 is 11.5 Å². The van der Waals surface area contributed by atoms with Crippen LogP contribution in [-0.2, 0) is 14.4 Å². The first-order valence-electron chi connectivity index (χ1n) is 4.93. The van der Waals surface area contributed by atoms with E-state index in [9.17, 15) is 14.4 Å². The molecule has 0 spiro atoms. The summed E-state index contributed by atoms with van der Waals surface area (Å²) in [6.07, 6.45) is -0.384. The normalized spacial score (nSPS) is 11.9. The van der Waals surface area contributed by atoms with Crippen LogP contribution in [-0.4, -0.2) is 46.9 Å². The first-order valence-corrected chi connectivity index (χ1v) is 4.93. The molecule has 1 unspecified atom stereocenters. The zero-order valence-corrected chi connectivity index (χ0v) is 9.18. The van der Waals surface area contributed by atoms with Crippen LogP contribution in [0.15, 0.2) is 0 Å². The number of hydrogen-bond acceptors (Lipinski definition) is 4. The van der Waals surface area contributed by atoms with E-state index in [0.29, 0.717) is 6.54 Å². The highest BCUT2D eigenvalue weighted by atomic mass is 16.4. The third-order valence-electron chi connectivity index (χ3n) is 2.03. The van der Waals surface area contributed by atoms with Gasteiger partial charge in [-0.3, -0.25) is 14.4 Å². The fourth-order valence-electron chi connectivity index (χ4n) is 1.19. The van der Waals surface area contributed by atoms with Crippen LogP contribution in [0.5, 0.6) is 0 Å². The Hall–Kier alpha value is -1.63. The number of nitrogens with zero attached hydrogens (tertiary/aromatic N) is 1. The lowest BCUT2D eigenvalue weighted by Gasteiger charge is -2.23. The van der Waals surface area contributed by atoms with Gasteiger partial charge in [-0.2, -0.15) is 0 Å². The number of aliphatic carboxylic acids is 1. The zero-order chi connectivity index (χ0) is 12.7. The summed E-state index contributed by atoms with van der Waals surface area (Å²) in [5.41, 5.74) is 10.4. The molecule has 0 saturated carbocycles. The summed E-state index contributed by atoms with van der Waals surface area (Å²) in [4.78, 5) is 33.8. The van der Waals surface area contributed by atoms with Crippen molar-refractivity contribution in [3.63, 3.8) is 0 Å². The van der Waals surface area contributed by atoms with Crippen molar-refractivity contribution in [1.29, 1.82) is 0 Å². The van der Waals surface area contributed by atoms with E-state index in [4.69, 9.17) is 16.6 Å². The Bertz CT molecular complexity index is 280. The standard InChI is InChI=1S/C9H17N3O4/c1-2-12(4-3-8(14)15)9(16)6(10)5-7(11)13/h6H,2-5,10H2,1H3,(H2,11,13)(H,14,15). The van der Waals surface area contributed by atoms with Crippen molar-refractivity contribution in [3.05, 3.63) is 0 Å². The average molecular weight is 231 g/mol. The molecule has 0 bridgehead atoms. The van der Waals surface area contributed by atoms with Gasteiger partial charge in [-0.25, -0.2) is 0 Å². The molecule has 0 heterocycles. The van der Waals surface area contributed by atoms with Crippen LogP contribution in [0.4, 0.5) is 0 Å². The molecule has 0 aromatic heterocycles. The van der Waals surface area contributed by atoms with Gasteiger partial charge >= 0.3 is 5.97 Å². The molecule has 0 aliphatic carbocycles. The molecular formula is C9H17N3O4. The highest BCUT2D eigenvalue weighted by Crippen LogP contribution is 1.99. The largest absolute Gasteiger partial charge is 0.481 e. The van der Waals surface area contributed by atoms with E-state index in [-0.39, 0.29) is 19.4 Å². The second-order valence-corrected chi connectivity index (χ2v) is 3.34. The summed E-state index contributed by atoms with van der Waals surface area (Å²) in [5.74, 6) is -2.10. The summed E-state index contributed by atoms with van der Waals surface area (Å²) >= 11 is 0. The molecular weight excluding hydrogens is 214 g/mol. The van der Waals surface area contributed by atoms with Crippen molar-refractivity contribution in [3.8, 4) is 0 Å². The predicted molar refractivity (Wildman–Crippen MR) is 56.3 cm³/mol. The monoisotopic (exact) mass is 231 g/mol. The number of carboxylic acids is 1. The minimum Gasteiger partial charge on any atom is -0.481 e. The average Bonchev–Trinajstić information content (AvgIpc) is 2.16. The predicted octanol–water partition coefficient (Wildman–Crippen LogP) is -1.49. The van der Waals surface area contributed by atoms with Crippen LogP contribution in [0.2, 0.25) is 0 Å². The quantitative estimate of drug-likeness (QED) is 0.492. The molecule has 7 heteroatoms. The van der Waals surface area contributed by atoms with E-state index in [1.165, 1.54) is 4.90 Å². The minimum absolute atomic E-state index is 0.0805. The summed E-state index contributed by atoms with van der Waals surface area (Å²) in [6, 6.07) is -0.994. The first-order chi connectivity index (χ1) is 7.38. The van der Waals surface area contributed by atoms with Crippen molar-refractivity contribution >= 4 is 17.8 Å². The molecule has 16 heavy (non-hydrogen) atoms. The van der Waals surface area contributed by atoms with Gasteiger partial charge in [0.1, 0.15) is 0 Å². The number of carbonyl (C=O) groups excluding carboxylic acids is 2. The van der Waals surface area contributed by atoms with Crippen molar-refractivity contribution < 1.29 is 19.5 Å². The number of rotatable bonds is 7. The lowest BCUT2D eigenvalue weighted by atomic mass is 10.2. The van der Waals surface area contributed by atoms with Crippen LogP contribution in [0.3, 0.4) is 0 Å². The molecule has 0 fully saturated rings. The number of amides is 2. The third-order valence-corrected chi connectivity index (χ3v) is 2.03. The maximum Gasteiger partial charge on any atom is 0.305 e. The molecule has 0 aromatic rings. The number of primary amides is 1. The number of hydrogen-bond donors (Lipinski definition) is 3. The molecule has 92 valence electrons. The summed E-state index contributed by atoms with van der Waals surface area (Å²) < 4.78 is 0. The van der Waals surface area contributed by atoms with Crippen molar-refractivity contribution in [1.82, 2.24) is 4.90 Å². The summed E-state index contributed by atoms with van der Waals surface area (Å²) in [5, 5.41) is 8.48. The van der Waals surface area contributed by atoms with Gasteiger partial charge in [0.15, 0.2) is 0 Å². The van der Waals surface area contributed by atoms with Gasteiger partial charge in [0.25, 0.3) is 0 Å². The van der Waals surface area contributed by atoms with E-state index >= 15 is 0 Å². The number of likely N-dealkylation sites (N-methyl/N-ethyl adjacent to an activating group) is 1. The number of nitrogens with two attached hydrogens (primary N) is 2. The smallest absolute Gasteiger partial charge is 0.305 e. The second kappa shape index (κ2) is 6.78. The molecule has 0 radical (unpaired) electrons. The van der Waals surface area contributed by atoms with Crippen LogP contribution in [0, 0.1) is 0 Å². The van der Waals surface area contributed by atoms with Crippen molar-refractivity contribution in [2.75, 3.05) is 13.1 Å². The van der Waals surface area contributed by atoms with Crippen LogP contribution in [0.1, 0.15) is 19.8 Å². The third kappa shape index (κ3) is 5.30. The highest BCUT2D eigenvalue weighted by molar-refractivity contribution is 5.87. The lowest BCUT2D eigenvalue weighted by molar-refractivity contribution is -0.139. The Morgan fingerprint density at radius 3 is 2.31 bits per heavy atom. The molecule has 2 amide bonds. The molecule has 0 saturated heterocycles. The fraction of sp³-hybridized carbons (Fsp3) is 0.667. The van der Waals surface area contributed by atoms with Gasteiger partial charge < -0.3 is 21.5 Å². The van der Waals surface area contributed by atoms with E-state index in [1.54, 1.807) is 6.92 Å². The van der Waals surface area contributed by atoms with E-state index in [0.717, 1.165) is 0 Å². The lowest BCUT2D eigenvalue weighted by Crippen LogP contribution is -2.46. The molecule has 0 aliphatic rings. The van der Waals surface area contributed by atoms with Crippen molar-refractivity contribution in [2.45, 2.75) is 25.8 Å². The molecule has 0 rings (SSSR count). The van der Waals surface area contributed by atoms with E-state index in [2.05, 4.69) is 0 Å². The van der Waals surface area contributed by atoms with E-state index in [1.807, 2.05) is 0 Å². The van der Waals surface area contributed by atoms with Crippen molar-refractivity contribution in [2.24, 2.45) is 11.5 Å². The minimum atomic E-state index is -0.994. The Balaban J connectivity index is 4.28. The number of carboxylic acid groups (broad SMARTS) is 1. The van der Waals surface area contributed by atoms with Crippen LogP contribution >= 0.6 is 0 Å². The number of carbonyl (C=O) groups is 3. The fourth-order valence-corrected chi connectivity index (χ4v) is 1.19. The van der Waals surface area contributed by atoms with E-state index < -0.39 is 23.8 Å². The van der Waals surface area contributed by atoms with Gasteiger partial charge in [-0.1, -0.05) is 0 Å². The maximum atomic E-state index is 11.6. The Labute approximate surface area is 93.4 Å². The topological polar surface area (TPSA) is 127 Å². The molecule has 0 aliphatic heterocycles.